The van der Waals surface area contributed by atoms with Crippen LogP contribution in [0.3, 0.4) is 0 Å². The Kier molecular flexibility index (Phi) is 3.64. The van der Waals surface area contributed by atoms with E-state index in [1.807, 2.05) is 6.07 Å². The minimum absolute atomic E-state index is 0.0518. The highest BCUT2D eigenvalue weighted by Gasteiger charge is 2.21. The number of imidazole rings is 1. The Morgan fingerprint density at radius 1 is 1.50 bits per heavy atom. The Balaban J connectivity index is 2.28. The number of carbonyl (C=O) groups excluding carboxylic acids is 1. The van der Waals surface area contributed by atoms with E-state index in [0.29, 0.717) is 22.1 Å². The van der Waals surface area contributed by atoms with Gasteiger partial charge in [0.15, 0.2) is 0 Å². The average Bonchev–Trinajstić information content (AvgIpc) is 2.94. The lowest BCUT2D eigenvalue weighted by Gasteiger charge is -2.15. The van der Waals surface area contributed by atoms with Crippen LogP contribution < -0.4 is 5.32 Å². The van der Waals surface area contributed by atoms with Crippen molar-refractivity contribution in [1.82, 2.24) is 9.97 Å². The standard InChI is InChI=1S/C14H16N4OS/c1-8-16-7-10(17-8)12(19)18-13-9(6-15)5-11(20-13)14(2,3)4/h5,7H,1-4H3,(H,16,17)(H,18,19). The third-order valence-corrected chi connectivity index (χ3v) is 4.24. The van der Waals surface area contributed by atoms with E-state index in [1.165, 1.54) is 17.5 Å². The van der Waals surface area contributed by atoms with Gasteiger partial charge in [-0.2, -0.15) is 5.26 Å². The normalized spacial score (nSPS) is 11.2. The van der Waals surface area contributed by atoms with Gasteiger partial charge in [-0.25, -0.2) is 4.98 Å². The van der Waals surface area contributed by atoms with Crippen molar-refractivity contribution in [2.75, 3.05) is 5.32 Å². The number of aromatic amines is 1. The molecule has 0 aromatic carbocycles. The van der Waals surface area contributed by atoms with Crippen LogP contribution in [0.25, 0.3) is 0 Å². The number of hydrogen-bond acceptors (Lipinski definition) is 4. The highest BCUT2D eigenvalue weighted by atomic mass is 32.1. The fraction of sp³-hybridized carbons (Fsp3) is 0.357. The maximum Gasteiger partial charge on any atom is 0.274 e. The first-order valence-corrected chi connectivity index (χ1v) is 7.00. The van der Waals surface area contributed by atoms with Crippen LogP contribution in [0.15, 0.2) is 12.3 Å². The van der Waals surface area contributed by atoms with E-state index in [2.05, 4.69) is 42.1 Å². The van der Waals surface area contributed by atoms with Gasteiger partial charge in [0, 0.05) is 4.88 Å². The molecule has 0 fully saturated rings. The molecule has 104 valence electrons. The van der Waals surface area contributed by atoms with Gasteiger partial charge >= 0.3 is 0 Å². The number of carbonyl (C=O) groups is 1. The summed E-state index contributed by atoms with van der Waals surface area (Å²) in [5.74, 6) is 0.390. The highest BCUT2D eigenvalue weighted by Crippen LogP contribution is 2.35. The fourth-order valence-corrected chi connectivity index (χ4v) is 2.70. The zero-order valence-corrected chi connectivity index (χ0v) is 12.7. The number of amides is 1. The summed E-state index contributed by atoms with van der Waals surface area (Å²) < 4.78 is 0. The molecule has 2 heterocycles. The second-order valence-corrected chi connectivity index (χ2v) is 6.60. The lowest BCUT2D eigenvalue weighted by Crippen LogP contribution is -2.12. The van der Waals surface area contributed by atoms with Crippen molar-refractivity contribution in [2.45, 2.75) is 33.1 Å². The Morgan fingerprint density at radius 2 is 2.20 bits per heavy atom. The number of nitrogens with zero attached hydrogens (tertiary/aromatic N) is 2. The van der Waals surface area contributed by atoms with Crippen molar-refractivity contribution in [3.05, 3.63) is 34.2 Å². The maximum atomic E-state index is 12.1. The molecule has 20 heavy (non-hydrogen) atoms. The minimum Gasteiger partial charge on any atom is -0.338 e. The first-order chi connectivity index (χ1) is 9.31. The summed E-state index contributed by atoms with van der Waals surface area (Å²) in [6, 6.07) is 3.95. The molecule has 0 aliphatic carbocycles. The van der Waals surface area contributed by atoms with Gasteiger partial charge in [0.1, 0.15) is 22.6 Å². The molecule has 0 aliphatic rings. The Bertz CT molecular complexity index is 685. The number of thiophene rings is 1. The van der Waals surface area contributed by atoms with E-state index in [4.69, 9.17) is 0 Å². The third-order valence-electron chi connectivity index (χ3n) is 2.77. The molecule has 0 atom stereocenters. The van der Waals surface area contributed by atoms with Crippen LogP contribution >= 0.6 is 11.3 Å². The summed E-state index contributed by atoms with van der Waals surface area (Å²) in [6.45, 7) is 8.00. The van der Waals surface area contributed by atoms with Crippen molar-refractivity contribution >= 4 is 22.2 Å². The van der Waals surface area contributed by atoms with Gasteiger partial charge in [0.05, 0.1) is 11.8 Å². The molecule has 2 aromatic heterocycles. The second-order valence-electron chi connectivity index (χ2n) is 5.55. The van der Waals surface area contributed by atoms with Crippen molar-refractivity contribution in [3.63, 3.8) is 0 Å². The zero-order chi connectivity index (χ0) is 14.9. The first-order valence-electron chi connectivity index (χ1n) is 6.18. The number of aromatic nitrogens is 2. The molecule has 0 saturated carbocycles. The number of H-pyrrole nitrogens is 1. The van der Waals surface area contributed by atoms with Crippen LogP contribution in [-0.2, 0) is 5.41 Å². The van der Waals surface area contributed by atoms with Gasteiger partial charge in [0.25, 0.3) is 5.91 Å². The van der Waals surface area contributed by atoms with Gasteiger partial charge in [0.2, 0.25) is 0 Å². The van der Waals surface area contributed by atoms with Gasteiger partial charge < -0.3 is 10.3 Å². The van der Waals surface area contributed by atoms with Crippen LogP contribution in [0.1, 0.15) is 47.5 Å². The van der Waals surface area contributed by atoms with Crippen molar-refractivity contribution < 1.29 is 4.79 Å². The highest BCUT2D eigenvalue weighted by molar-refractivity contribution is 7.16. The van der Waals surface area contributed by atoms with E-state index in [-0.39, 0.29) is 11.3 Å². The van der Waals surface area contributed by atoms with Gasteiger partial charge in [-0.15, -0.1) is 11.3 Å². The molecule has 0 bridgehead atoms. The molecule has 2 rings (SSSR count). The molecular formula is C14H16N4OS. The van der Waals surface area contributed by atoms with Gasteiger partial charge in [-0.3, -0.25) is 4.79 Å². The lowest BCUT2D eigenvalue weighted by atomic mass is 9.94. The molecule has 0 saturated heterocycles. The van der Waals surface area contributed by atoms with Crippen molar-refractivity contribution in [3.8, 4) is 6.07 Å². The molecule has 0 radical (unpaired) electrons. The molecule has 0 unspecified atom stereocenters. The van der Waals surface area contributed by atoms with Crippen molar-refractivity contribution in [1.29, 1.82) is 5.26 Å². The number of nitrogens with one attached hydrogen (secondary N) is 2. The quantitative estimate of drug-likeness (QED) is 0.890. The van der Waals surface area contributed by atoms with E-state index >= 15 is 0 Å². The summed E-state index contributed by atoms with van der Waals surface area (Å²) in [6.07, 6.45) is 1.48. The molecule has 0 aliphatic heterocycles. The Morgan fingerprint density at radius 3 is 2.70 bits per heavy atom. The summed E-state index contributed by atoms with van der Waals surface area (Å²) >= 11 is 1.43. The molecular weight excluding hydrogens is 272 g/mol. The molecule has 2 N–H and O–H groups in total. The number of hydrogen-bond donors (Lipinski definition) is 2. The zero-order valence-electron chi connectivity index (χ0n) is 11.9. The summed E-state index contributed by atoms with van der Waals surface area (Å²) in [7, 11) is 0. The van der Waals surface area contributed by atoms with Crippen LogP contribution in [0.4, 0.5) is 5.00 Å². The van der Waals surface area contributed by atoms with E-state index < -0.39 is 0 Å². The number of nitriles is 1. The van der Waals surface area contributed by atoms with Crippen LogP contribution in [-0.4, -0.2) is 15.9 Å². The molecule has 1 amide bonds. The number of rotatable bonds is 2. The molecule has 5 nitrogen and oxygen atoms in total. The van der Waals surface area contributed by atoms with Crippen molar-refractivity contribution in [2.24, 2.45) is 0 Å². The third kappa shape index (κ3) is 2.89. The van der Waals surface area contributed by atoms with Crippen LogP contribution in [0, 0.1) is 18.3 Å². The van der Waals surface area contributed by atoms with Gasteiger partial charge in [-0.05, 0) is 18.4 Å². The Hall–Kier alpha value is -2.13. The van der Waals surface area contributed by atoms with E-state index in [9.17, 15) is 10.1 Å². The monoisotopic (exact) mass is 288 g/mol. The number of aryl methyl sites for hydroxylation is 1. The minimum atomic E-state index is -0.288. The molecule has 0 spiro atoms. The lowest BCUT2D eigenvalue weighted by molar-refractivity contribution is 0.102. The van der Waals surface area contributed by atoms with Gasteiger partial charge in [-0.1, -0.05) is 20.8 Å². The SMILES string of the molecule is Cc1ncc(C(=O)Nc2sc(C(C)(C)C)cc2C#N)[nH]1. The predicted molar refractivity (Wildman–Crippen MR) is 79.0 cm³/mol. The van der Waals surface area contributed by atoms with Crippen LogP contribution in [0.2, 0.25) is 0 Å². The largest absolute Gasteiger partial charge is 0.338 e. The topological polar surface area (TPSA) is 81.6 Å². The smallest absolute Gasteiger partial charge is 0.274 e. The summed E-state index contributed by atoms with van der Waals surface area (Å²) in [5.41, 5.74) is 0.825. The fourth-order valence-electron chi connectivity index (χ4n) is 1.64. The predicted octanol–water partition coefficient (Wildman–Crippen LogP) is 3.20. The molecule has 2 aromatic rings. The summed E-state index contributed by atoms with van der Waals surface area (Å²) in [5, 5.41) is 12.5. The second kappa shape index (κ2) is 5.10. The average molecular weight is 288 g/mol. The van der Waals surface area contributed by atoms with E-state index in [0.717, 1.165) is 4.88 Å². The maximum absolute atomic E-state index is 12.1. The first kappa shape index (κ1) is 14.3. The van der Waals surface area contributed by atoms with Crippen LogP contribution in [0.5, 0.6) is 0 Å². The summed E-state index contributed by atoms with van der Waals surface area (Å²) in [4.78, 5) is 20.0. The Labute approximate surface area is 121 Å². The number of anilines is 1. The van der Waals surface area contributed by atoms with E-state index in [1.54, 1.807) is 6.92 Å². The molecule has 6 heteroatoms.